The lowest BCUT2D eigenvalue weighted by Gasteiger charge is -2.19. The zero-order chi connectivity index (χ0) is 21.6. The van der Waals surface area contributed by atoms with Crippen LogP contribution in [0.1, 0.15) is 37.0 Å². The number of nitrogens with one attached hydrogen (secondary N) is 2. The van der Waals surface area contributed by atoms with E-state index in [0.29, 0.717) is 36.1 Å². The summed E-state index contributed by atoms with van der Waals surface area (Å²) in [6.45, 7) is 3.49. The third-order valence-corrected chi connectivity index (χ3v) is 5.43. The highest BCUT2D eigenvalue weighted by molar-refractivity contribution is 5.80. The lowest BCUT2D eigenvalue weighted by Crippen LogP contribution is -2.40. The van der Waals surface area contributed by atoms with Gasteiger partial charge in [0.2, 0.25) is 0 Å². The van der Waals surface area contributed by atoms with Crippen LogP contribution >= 0.6 is 0 Å². The average molecular weight is 416 g/mol. The molecule has 0 spiro atoms. The first kappa shape index (κ1) is 21.9. The van der Waals surface area contributed by atoms with Crippen LogP contribution in [0.2, 0.25) is 0 Å². The largest absolute Gasteiger partial charge is 0.497 e. The number of aliphatic hydroxyl groups is 1. The quantitative estimate of drug-likeness (QED) is 0.433. The molecule has 1 aliphatic rings. The van der Waals surface area contributed by atoms with E-state index in [-0.39, 0.29) is 17.8 Å². The highest BCUT2D eigenvalue weighted by atomic mass is 19.1. The fraction of sp³-hybridized carbons (Fsp3) is 0.435. The number of aliphatic hydroxyl groups excluding tert-OH is 1. The second kappa shape index (κ2) is 9.80. The SMILES string of the molecule is CCNC(=NCC1(c2cccc(F)c2)CC1)NCC(O)c1cc(OC)ccc1OC. The number of methoxy groups -OCH3 is 2. The van der Waals surface area contributed by atoms with E-state index in [4.69, 9.17) is 14.5 Å². The summed E-state index contributed by atoms with van der Waals surface area (Å²) < 4.78 is 24.2. The van der Waals surface area contributed by atoms with Crippen molar-refractivity contribution in [3.05, 3.63) is 59.4 Å². The van der Waals surface area contributed by atoms with Crippen LogP contribution in [0, 0.1) is 5.82 Å². The summed E-state index contributed by atoms with van der Waals surface area (Å²) in [7, 11) is 3.15. The monoisotopic (exact) mass is 415 g/mol. The molecule has 1 unspecified atom stereocenters. The van der Waals surface area contributed by atoms with Crippen LogP contribution in [0.3, 0.4) is 0 Å². The molecule has 3 N–H and O–H groups in total. The lowest BCUT2D eigenvalue weighted by molar-refractivity contribution is 0.176. The molecule has 7 heteroatoms. The van der Waals surface area contributed by atoms with Gasteiger partial charge in [-0.25, -0.2) is 4.39 Å². The third-order valence-electron chi connectivity index (χ3n) is 5.43. The molecular weight excluding hydrogens is 385 g/mol. The summed E-state index contributed by atoms with van der Waals surface area (Å²) in [5.41, 5.74) is 1.53. The van der Waals surface area contributed by atoms with Crippen molar-refractivity contribution >= 4 is 5.96 Å². The van der Waals surface area contributed by atoms with E-state index in [0.717, 1.165) is 18.4 Å². The molecule has 1 aliphatic carbocycles. The minimum Gasteiger partial charge on any atom is -0.497 e. The van der Waals surface area contributed by atoms with Crippen molar-refractivity contribution in [2.45, 2.75) is 31.3 Å². The van der Waals surface area contributed by atoms with E-state index in [1.165, 1.54) is 6.07 Å². The van der Waals surface area contributed by atoms with E-state index >= 15 is 0 Å². The number of hydrogen-bond donors (Lipinski definition) is 3. The lowest BCUT2D eigenvalue weighted by atomic mass is 9.96. The molecule has 2 aromatic rings. The van der Waals surface area contributed by atoms with Crippen LogP contribution in [0.25, 0.3) is 0 Å². The van der Waals surface area contributed by atoms with E-state index < -0.39 is 6.10 Å². The molecule has 162 valence electrons. The van der Waals surface area contributed by atoms with E-state index in [1.54, 1.807) is 44.6 Å². The zero-order valence-electron chi connectivity index (χ0n) is 17.7. The fourth-order valence-electron chi connectivity index (χ4n) is 3.48. The summed E-state index contributed by atoms with van der Waals surface area (Å²) >= 11 is 0. The first-order valence-electron chi connectivity index (χ1n) is 10.2. The summed E-state index contributed by atoms with van der Waals surface area (Å²) in [6.07, 6.45) is 1.17. The molecule has 0 amide bonds. The molecule has 6 nitrogen and oxygen atoms in total. The summed E-state index contributed by atoms with van der Waals surface area (Å²) in [6, 6.07) is 12.1. The number of halogens is 1. The topological polar surface area (TPSA) is 75.1 Å². The minimum atomic E-state index is -0.808. The number of hydrogen-bond acceptors (Lipinski definition) is 4. The number of rotatable bonds is 9. The molecule has 3 rings (SSSR count). The normalized spacial score (nSPS) is 16.0. The molecule has 2 aromatic carbocycles. The molecular formula is C23H30FN3O3. The van der Waals surface area contributed by atoms with Crippen LogP contribution < -0.4 is 20.1 Å². The van der Waals surface area contributed by atoms with Gasteiger partial charge in [-0.2, -0.15) is 0 Å². The Hall–Kier alpha value is -2.80. The molecule has 1 atom stereocenters. The molecule has 0 heterocycles. The van der Waals surface area contributed by atoms with Gasteiger partial charge in [0.25, 0.3) is 0 Å². The first-order chi connectivity index (χ1) is 14.5. The Bertz CT molecular complexity index is 884. The van der Waals surface area contributed by atoms with Crippen molar-refractivity contribution in [3.63, 3.8) is 0 Å². The van der Waals surface area contributed by atoms with Crippen molar-refractivity contribution < 1.29 is 19.0 Å². The molecule has 1 fully saturated rings. The highest BCUT2D eigenvalue weighted by Crippen LogP contribution is 2.48. The summed E-state index contributed by atoms with van der Waals surface area (Å²) in [5.74, 6) is 1.63. The maximum absolute atomic E-state index is 13.6. The first-order valence-corrected chi connectivity index (χ1v) is 10.2. The Labute approximate surface area is 177 Å². The van der Waals surface area contributed by atoms with Crippen LogP contribution in [0.5, 0.6) is 11.5 Å². The van der Waals surface area contributed by atoms with Crippen molar-refractivity contribution in [1.29, 1.82) is 0 Å². The molecule has 30 heavy (non-hydrogen) atoms. The Morgan fingerprint density at radius 1 is 1.17 bits per heavy atom. The Morgan fingerprint density at radius 2 is 1.97 bits per heavy atom. The zero-order valence-corrected chi connectivity index (χ0v) is 17.7. The van der Waals surface area contributed by atoms with Crippen LogP contribution in [0.4, 0.5) is 4.39 Å². The number of benzene rings is 2. The van der Waals surface area contributed by atoms with Crippen LogP contribution in [-0.4, -0.2) is 44.9 Å². The van der Waals surface area contributed by atoms with Gasteiger partial charge >= 0.3 is 0 Å². The molecule has 0 aromatic heterocycles. The average Bonchev–Trinajstić information content (AvgIpc) is 3.56. The van der Waals surface area contributed by atoms with Crippen molar-refractivity contribution in [3.8, 4) is 11.5 Å². The molecule has 0 saturated heterocycles. The Kier molecular flexibility index (Phi) is 7.15. The van der Waals surface area contributed by atoms with Gasteiger partial charge in [-0.1, -0.05) is 12.1 Å². The predicted molar refractivity (Wildman–Crippen MR) is 116 cm³/mol. The molecule has 0 aliphatic heterocycles. The number of aliphatic imine (C=N–C) groups is 1. The maximum atomic E-state index is 13.6. The highest BCUT2D eigenvalue weighted by Gasteiger charge is 2.44. The third kappa shape index (κ3) is 5.21. The van der Waals surface area contributed by atoms with Gasteiger partial charge in [0.15, 0.2) is 5.96 Å². The maximum Gasteiger partial charge on any atom is 0.191 e. The standard InChI is InChI=1S/C23H30FN3O3/c1-4-25-22(27-15-23(10-11-23)16-6-5-7-17(24)12-16)26-14-20(28)19-13-18(29-2)8-9-21(19)30-3/h5-9,12-13,20,28H,4,10-11,14-15H2,1-3H3,(H2,25,26,27). The molecule has 0 bridgehead atoms. The van der Waals surface area contributed by atoms with Crippen molar-refractivity contribution in [1.82, 2.24) is 10.6 Å². The Balaban J connectivity index is 1.67. The molecule has 0 radical (unpaired) electrons. The van der Waals surface area contributed by atoms with Gasteiger partial charge < -0.3 is 25.2 Å². The number of guanidine groups is 1. The van der Waals surface area contributed by atoms with Gasteiger partial charge in [-0.05, 0) is 55.7 Å². The fourth-order valence-corrected chi connectivity index (χ4v) is 3.48. The predicted octanol–water partition coefficient (Wildman–Crippen LogP) is 3.16. The van der Waals surface area contributed by atoms with Crippen molar-refractivity contribution in [2.24, 2.45) is 4.99 Å². The second-order valence-electron chi connectivity index (χ2n) is 7.49. The van der Waals surface area contributed by atoms with E-state index in [2.05, 4.69) is 10.6 Å². The molecule has 1 saturated carbocycles. The second-order valence-corrected chi connectivity index (χ2v) is 7.49. The van der Waals surface area contributed by atoms with Gasteiger partial charge in [0, 0.05) is 24.1 Å². The number of nitrogens with zero attached hydrogens (tertiary/aromatic N) is 1. The van der Waals surface area contributed by atoms with E-state index in [1.807, 2.05) is 13.0 Å². The van der Waals surface area contributed by atoms with Crippen LogP contribution in [0.15, 0.2) is 47.5 Å². The smallest absolute Gasteiger partial charge is 0.191 e. The Morgan fingerprint density at radius 3 is 2.60 bits per heavy atom. The summed E-state index contributed by atoms with van der Waals surface area (Å²) in [4.78, 5) is 4.70. The summed E-state index contributed by atoms with van der Waals surface area (Å²) in [5, 5.41) is 17.1. The van der Waals surface area contributed by atoms with Gasteiger partial charge in [0.05, 0.1) is 26.9 Å². The van der Waals surface area contributed by atoms with Gasteiger partial charge in [-0.3, -0.25) is 4.99 Å². The van der Waals surface area contributed by atoms with Crippen molar-refractivity contribution in [2.75, 3.05) is 33.9 Å². The van der Waals surface area contributed by atoms with Crippen LogP contribution in [-0.2, 0) is 5.41 Å². The minimum absolute atomic E-state index is 0.0981. The number of ether oxygens (including phenoxy) is 2. The van der Waals surface area contributed by atoms with Gasteiger partial charge in [0.1, 0.15) is 17.3 Å². The van der Waals surface area contributed by atoms with Gasteiger partial charge in [-0.15, -0.1) is 0 Å². The van der Waals surface area contributed by atoms with E-state index in [9.17, 15) is 9.50 Å².